The van der Waals surface area contributed by atoms with Crippen molar-refractivity contribution in [2.75, 3.05) is 18.1 Å². The maximum Gasteiger partial charge on any atom is 0.514 e. The van der Waals surface area contributed by atoms with E-state index >= 15 is 0 Å². The van der Waals surface area contributed by atoms with E-state index in [9.17, 15) is 9.59 Å². The molecule has 1 unspecified atom stereocenters. The first-order valence-electron chi connectivity index (χ1n) is 14.6. The molecule has 3 atom stereocenters. The van der Waals surface area contributed by atoms with Gasteiger partial charge in [0.05, 0.1) is 18.8 Å². The Bertz CT molecular complexity index is 1290. The lowest BCUT2D eigenvalue weighted by atomic mass is 9.62. The molecule has 0 aromatic heterocycles. The van der Waals surface area contributed by atoms with Crippen molar-refractivity contribution in [2.24, 2.45) is 0 Å². The Balaban J connectivity index is 1.74. The van der Waals surface area contributed by atoms with Crippen molar-refractivity contribution in [3.05, 3.63) is 95.6 Å². The first-order valence-corrected chi connectivity index (χ1v) is 14.6. The van der Waals surface area contributed by atoms with Gasteiger partial charge in [0, 0.05) is 24.1 Å². The maximum absolute atomic E-state index is 13.6. The van der Waals surface area contributed by atoms with Crippen molar-refractivity contribution < 1.29 is 28.5 Å². The van der Waals surface area contributed by atoms with Gasteiger partial charge < -0.3 is 18.9 Å². The number of hydrogen-bond acceptors (Lipinski definition) is 6. The number of hydrogen-bond donors (Lipinski definition) is 0. The highest BCUT2D eigenvalue weighted by atomic mass is 16.7. The van der Waals surface area contributed by atoms with Crippen LogP contribution in [0.2, 0.25) is 0 Å². The topological polar surface area (TPSA) is 74.3 Å². The highest BCUT2D eigenvalue weighted by Gasteiger charge is 2.52. The van der Waals surface area contributed by atoms with Gasteiger partial charge in [-0.3, -0.25) is 4.90 Å². The van der Waals surface area contributed by atoms with Crippen LogP contribution in [0.3, 0.4) is 0 Å². The summed E-state index contributed by atoms with van der Waals surface area (Å²) >= 11 is 0. The maximum atomic E-state index is 13.6. The number of carbonyl (C=O) groups excluding carboxylic acids is 2. The van der Waals surface area contributed by atoms with Crippen molar-refractivity contribution >= 4 is 17.9 Å². The molecule has 0 saturated heterocycles. The van der Waals surface area contributed by atoms with Gasteiger partial charge in [0.25, 0.3) is 0 Å². The number of ether oxygens (including phenoxy) is 4. The molecule has 1 aliphatic carbocycles. The standard InChI is InChI=1S/C34H41NO6/c1-6-34(7-2)29-23-28(41-33(37)40-24(5)25-16-12-10-13-17-25)21-20-26(29)22-30(38-8-3)31(34)35(32(36)39-9-4)27-18-14-11-15-19-27/h10-21,23-24,30-31H,6-9,22H2,1-5H3/t24?,30-,31+/m0/s1. The zero-order chi connectivity index (χ0) is 29.4. The lowest BCUT2D eigenvalue weighted by Crippen LogP contribution is -2.62. The van der Waals surface area contributed by atoms with E-state index in [2.05, 4.69) is 13.8 Å². The predicted molar refractivity (Wildman–Crippen MR) is 160 cm³/mol. The van der Waals surface area contributed by atoms with Gasteiger partial charge in [0.15, 0.2) is 0 Å². The second-order valence-electron chi connectivity index (χ2n) is 10.3. The number of para-hydroxylation sites is 1. The first kappa shape index (κ1) is 30.1. The Morgan fingerprint density at radius 1 is 0.902 bits per heavy atom. The van der Waals surface area contributed by atoms with E-state index in [0.717, 1.165) is 35.2 Å². The van der Waals surface area contributed by atoms with E-state index in [4.69, 9.17) is 18.9 Å². The number of amides is 1. The Hall–Kier alpha value is -3.84. The van der Waals surface area contributed by atoms with E-state index in [0.29, 0.717) is 18.8 Å². The summed E-state index contributed by atoms with van der Waals surface area (Å²) in [7, 11) is 0. The van der Waals surface area contributed by atoms with Gasteiger partial charge in [-0.1, -0.05) is 68.4 Å². The van der Waals surface area contributed by atoms with Crippen LogP contribution in [-0.4, -0.2) is 37.6 Å². The number of benzene rings is 3. The molecule has 1 aliphatic rings. The van der Waals surface area contributed by atoms with Crippen LogP contribution in [0.25, 0.3) is 0 Å². The molecular weight excluding hydrogens is 518 g/mol. The van der Waals surface area contributed by atoms with Crippen LogP contribution in [0, 0.1) is 0 Å². The molecule has 0 aliphatic heterocycles. The molecular formula is C34H41NO6. The minimum atomic E-state index is -0.767. The molecule has 0 fully saturated rings. The number of rotatable bonds is 10. The van der Waals surface area contributed by atoms with E-state index in [1.54, 1.807) is 11.0 Å². The highest BCUT2D eigenvalue weighted by molar-refractivity contribution is 5.89. The van der Waals surface area contributed by atoms with Crippen LogP contribution < -0.4 is 9.64 Å². The average molecular weight is 560 g/mol. The molecule has 0 radical (unpaired) electrons. The third kappa shape index (κ3) is 6.41. The summed E-state index contributed by atoms with van der Waals surface area (Å²) in [6.45, 7) is 10.6. The number of fused-ring (bicyclic) bond motifs is 1. The average Bonchev–Trinajstić information content (AvgIpc) is 2.99. The van der Waals surface area contributed by atoms with Crippen molar-refractivity contribution in [1.82, 2.24) is 0 Å². The molecule has 0 saturated carbocycles. The molecule has 0 spiro atoms. The molecule has 0 bridgehead atoms. The SMILES string of the molecule is CCOC(=O)N(c1ccccc1)[C@@H]1[C@@H](OCC)Cc2ccc(OC(=O)OC(C)c3ccccc3)cc2C1(CC)CC. The second kappa shape index (κ2) is 13.7. The van der Waals surface area contributed by atoms with Crippen LogP contribution in [0.5, 0.6) is 5.75 Å². The van der Waals surface area contributed by atoms with E-state index < -0.39 is 23.8 Å². The summed E-state index contributed by atoms with van der Waals surface area (Å²) in [4.78, 5) is 28.2. The largest absolute Gasteiger partial charge is 0.514 e. The summed E-state index contributed by atoms with van der Waals surface area (Å²) in [5.41, 5.74) is 3.28. The third-order valence-corrected chi connectivity index (χ3v) is 8.12. The molecule has 0 heterocycles. The van der Waals surface area contributed by atoms with Crippen LogP contribution in [0.4, 0.5) is 15.3 Å². The Morgan fingerprint density at radius 2 is 1.56 bits per heavy atom. The van der Waals surface area contributed by atoms with Crippen LogP contribution in [-0.2, 0) is 26.0 Å². The highest BCUT2D eigenvalue weighted by Crippen LogP contribution is 2.48. The Labute approximate surface area is 243 Å². The first-order chi connectivity index (χ1) is 19.9. The minimum Gasteiger partial charge on any atom is -0.449 e. The lowest BCUT2D eigenvalue weighted by Gasteiger charge is -2.52. The van der Waals surface area contributed by atoms with Gasteiger partial charge in [-0.15, -0.1) is 0 Å². The molecule has 3 aromatic carbocycles. The monoisotopic (exact) mass is 559 g/mol. The number of anilines is 1. The van der Waals surface area contributed by atoms with Crippen molar-refractivity contribution in [3.63, 3.8) is 0 Å². The quantitative estimate of drug-likeness (QED) is 0.185. The summed E-state index contributed by atoms with van der Waals surface area (Å²) < 4.78 is 23.2. The van der Waals surface area contributed by atoms with E-state index in [1.807, 2.05) is 93.6 Å². The molecule has 218 valence electrons. The zero-order valence-electron chi connectivity index (χ0n) is 24.7. The summed E-state index contributed by atoms with van der Waals surface area (Å²) in [5, 5.41) is 0. The molecule has 0 N–H and O–H groups in total. The summed E-state index contributed by atoms with van der Waals surface area (Å²) in [5.74, 6) is 0.399. The smallest absolute Gasteiger partial charge is 0.449 e. The molecule has 7 heteroatoms. The Morgan fingerprint density at radius 3 is 2.17 bits per heavy atom. The van der Waals surface area contributed by atoms with E-state index in [1.165, 1.54) is 0 Å². The summed E-state index contributed by atoms with van der Waals surface area (Å²) in [6, 6.07) is 24.5. The predicted octanol–water partition coefficient (Wildman–Crippen LogP) is 8.01. The summed E-state index contributed by atoms with van der Waals surface area (Å²) in [6.07, 6.45) is 0.172. The van der Waals surface area contributed by atoms with Gasteiger partial charge in [-0.05, 0) is 74.6 Å². The van der Waals surface area contributed by atoms with Crippen LogP contribution >= 0.6 is 0 Å². The van der Waals surface area contributed by atoms with Gasteiger partial charge >= 0.3 is 12.2 Å². The zero-order valence-corrected chi connectivity index (χ0v) is 24.7. The third-order valence-electron chi connectivity index (χ3n) is 8.12. The molecule has 41 heavy (non-hydrogen) atoms. The number of nitrogens with zero attached hydrogens (tertiary/aromatic N) is 1. The van der Waals surface area contributed by atoms with Gasteiger partial charge in [-0.25, -0.2) is 9.59 Å². The normalized spacial score (nSPS) is 18.1. The van der Waals surface area contributed by atoms with Crippen LogP contribution in [0.15, 0.2) is 78.9 Å². The van der Waals surface area contributed by atoms with Crippen molar-refractivity contribution in [2.45, 2.75) is 77.5 Å². The molecule has 4 rings (SSSR count). The fourth-order valence-electron chi connectivity index (χ4n) is 6.15. The lowest BCUT2D eigenvalue weighted by molar-refractivity contribution is 0.00818. The molecule has 3 aromatic rings. The number of carbonyl (C=O) groups is 2. The van der Waals surface area contributed by atoms with Crippen molar-refractivity contribution in [3.8, 4) is 5.75 Å². The minimum absolute atomic E-state index is 0.261. The van der Waals surface area contributed by atoms with Gasteiger partial charge in [0.2, 0.25) is 0 Å². The van der Waals surface area contributed by atoms with Gasteiger partial charge in [-0.2, -0.15) is 0 Å². The fourth-order valence-corrected chi connectivity index (χ4v) is 6.15. The Kier molecular flexibility index (Phi) is 10.1. The van der Waals surface area contributed by atoms with Crippen molar-refractivity contribution in [1.29, 1.82) is 0 Å². The van der Waals surface area contributed by atoms with E-state index in [-0.39, 0.29) is 18.8 Å². The molecule has 1 amide bonds. The second-order valence-corrected chi connectivity index (χ2v) is 10.3. The van der Waals surface area contributed by atoms with Crippen LogP contribution in [0.1, 0.15) is 70.3 Å². The molecule has 7 nitrogen and oxygen atoms in total. The van der Waals surface area contributed by atoms with Gasteiger partial charge in [0.1, 0.15) is 11.9 Å². The fraction of sp³-hybridized carbons (Fsp3) is 0.412.